The maximum absolute atomic E-state index is 13.5. The predicted octanol–water partition coefficient (Wildman–Crippen LogP) is 2.50. The molecule has 96 valence electrons. The normalized spacial score (nSPS) is 30.4. The number of ether oxygens (including phenoxy) is 1. The summed E-state index contributed by atoms with van der Waals surface area (Å²) >= 11 is 0. The smallest absolute Gasteiger partial charge is 0.226 e. The number of hydrogen-bond donors (Lipinski definition) is 0. The molecule has 2 fully saturated rings. The molecule has 1 aromatic rings. The van der Waals surface area contributed by atoms with Gasteiger partial charge in [0.15, 0.2) is 5.78 Å². The van der Waals surface area contributed by atoms with Gasteiger partial charge in [0.05, 0.1) is 17.8 Å². The topological polar surface area (TPSA) is 39.2 Å². The van der Waals surface area contributed by atoms with E-state index in [9.17, 15) is 13.6 Å². The minimum absolute atomic E-state index is 0.109. The Hall–Kier alpha value is -1.36. The number of halogens is 2. The maximum Gasteiger partial charge on any atom is 0.226 e. The predicted molar refractivity (Wildman–Crippen MR) is 59.1 cm³/mol. The molecule has 2 unspecified atom stereocenters. The van der Waals surface area contributed by atoms with Crippen molar-refractivity contribution in [1.82, 2.24) is 4.98 Å². The van der Waals surface area contributed by atoms with E-state index >= 15 is 0 Å². The summed E-state index contributed by atoms with van der Waals surface area (Å²) in [4.78, 5) is 15.3. The Morgan fingerprint density at radius 2 is 1.89 bits per heavy atom. The molecule has 5 heteroatoms. The van der Waals surface area contributed by atoms with Crippen LogP contribution in [0.3, 0.4) is 0 Å². The van der Waals surface area contributed by atoms with Crippen LogP contribution in [0, 0.1) is 17.8 Å². The molecule has 0 aromatic carbocycles. The van der Waals surface area contributed by atoms with Crippen molar-refractivity contribution in [2.75, 3.05) is 0 Å². The lowest BCUT2D eigenvalue weighted by atomic mass is 9.88. The summed E-state index contributed by atoms with van der Waals surface area (Å²) in [5.74, 6) is -2.42. The second kappa shape index (κ2) is 4.39. The van der Waals surface area contributed by atoms with Crippen LogP contribution in [0.2, 0.25) is 0 Å². The molecule has 1 aromatic heterocycles. The van der Waals surface area contributed by atoms with Crippen LogP contribution in [-0.2, 0) is 4.74 Å². The Bertz CT molecular complexity index is 480. The van der Waals surface area contributed by atoms with Gasteiger partial charge < -0.3 is 4.74 Å². The van der Waals surface area contributed by atoms with Crippen LogP contribution in [0.1, 0.15) is 36.0 Å². The van der Waals surface area contributed by atoms with Crippen molar-refractivity contribution in [2.45, 2.75) is 37.9 Å². The minimum Gasteiger partial charge on any atom is -0.375 e. The molecule has 0 aliphatic carbocycles. The van der Waals surface area contributed by atoms with E-state index in [4.69, 9.17) is 4.74 Å². The lowest BCUT2D eigenvalue weighted by Crippen LogP contribution is -2.30. The van der Waals surface area contributed by atoms with Crippen LogP contribution in [0.25, 0.3) is 0 Å². The molecule has 3 heterocycles. The lowest BCUT2D eigenvalue weighted by molar-refractivity contribution is -0.0150. The number of Topliss-reactive ketones (excluding diaryl/α,β-unsaturated/α-hetero) is 1. The first kappa shape index (κ1) is 11.7. The molecule has 2 bridgehead atoms. The summed E-state index contributed by atoms with van der Waals surface area (Å²) in [5.41, 5.74) is -0.109. The molecule has 2 atom stereocenters. The third-order valence-corrected chi connectivity index (χ3v) is 3.74. The van der Waals surface area contributed by atoms with E-state index in [0.29, 0.717) is 12.8 Å². The fourth-order valence-electron chi connectivity index (χ4n) is 2.89. The molecule has 0 radical (unpaired) electrons. The highest BCUT2D eigenvalue weighted by molar-refractivity contribution is 5.97. The van der Waals surface area contributed by atoms with Crippen molar-refractivity contribution in [2.24, 2.45) is 5.92 Å². The third-order valence-electron chi connectivity index (χ3n) is 3.74. The molecule has 18 heavy (non-hydrogen) atoms. The summed E-state index contributed by atoms with van der Waals surface area (Å²) in [6.45, 7) is 0. The fraction of sp³-hybridized carbons (Fsp3) is 0.538. The number of pyridine rings is 1. The van der Waals surface area contributed by atoms with Crippen LogP contribution in [0.15, 0.2) is 12.1 Å². The number of nitrogens with zero attached hydrogens (tertiary/aromatic N) is 1. The van der Waals surface area contributed by atoms with E-state index < -0.39 is 11.9 Å². The third kappa shape index (κ3) is 2.03. The van der Waals surface area contributed by atoms with Gasteiger partial charge in [-0.2, -0.15) is 13.8 Å². The molecule has 2 saturated heterocycles. The largest absolute Gasteiger partial charge is 0.375 e. The van der Waals surface area contributed by atoms with E-state index in [-0.39, 0.29) is 29.5 Å². The van der Waals surface area contributed by atoms with E-state index in [1.807, 2.05) is 0 Å². The second-order valence-corrected chi connectivity index (χ2v) is 4.96. The Balaban J connectivity index is 1.82. The Labute approximate surface area is 103 Å². The highest BCUT2D eigenvalue weighted by Gasteiger charge is 2.38. The number of hydrogen-bond acceptors (Lipinski definition) is 3. The molecule has 0 spiro atoms. The second-order valence-electron chi connectivity index (χ2n) is 4.96. The van der Waals surface area contributed by atoms with Crippen molar-refractivity contribution >= 4 is 5.78 Å². The van der Waals surface area contributed by atoms with Crippen molar-refractivity contribution in [1.29, 1.82) is 0 Å². The highest BCUT2D eigenvalue weighted by atomic mass is 19.1. The van der Waals surface area contributed by atoms with E-state index in [0.717, 1.165) is 18.9 Å². The quantitative estimate of drug-likeness (QED) is 0.600. The molecule has 2 aliphatic rings. The van der Waals surface area contributed by atoms with Gasteiger partial charge in [-0.15, -0.1) is 0 Å². The van der Waals surface area contributed by atoms with Gasteiger partial charge in [-0.25, -0.2) is 0 Å². The zero-order chi connectivity index (χ0) is 12.7. The lowest BCUT2D eigenvalue weighted by Gasteiger charge is -2.27. The Morgan fingerprint density at radius 1 is 1.22 bits per heavy atom. The first-order valence-corrected chi connectivity index (χ1v) is 6.15. The van der Waals surface area contributed by atoms with Crippen LogP contribution in [-0.4, -0.2) is 23.0 Å². The van der Waals surface area contributed by atoms with Gasteiger partial charge >= 0.3 is 0 Å². The van der Waals surface area contributed by atoms with Crippen LogP contribution >= 0.6 is 0 Å². The Kier molecular flexibility index (Phi) is 2.86. The van der Waals surface area contributed by atoms with Crippen molar-refractivity contribution in [3.05, 3.63) is 29.6 Å². The monoisotopic (exact) mass is 253 g/mol. The SMILES string of the molecule is O=C(c1ccc(F)nc1F)C1CC2CCC(C1)O2. The van der Waals surface area contributed by atoms with Gasteiger partial charge in [-0.1, -0.05) is 0 Å². The van der Waals surface area contributed by atoms with Gasteiger partial charge in [0.25, 0.3) is 0 Å². The van der Waals surface area contributed by atoms with E-state index in [1.54, 1.807) is 0 Å². The number of ketones is 1. The molecular formula is C13H13F2NO2. The summed E-state index contributed by atoms with van der Waals surface area (Å²) < 4.78 is 31.8. The highest BCUT2D eigenvalue weighted by Crippen LogP contribution is 2.37. The van der Waals surface area contributed by atoms with Crippen LogP contribution < -0.4 is 0 Å². The minimum atomic E-state index is -1.01. The molecule has 2 aliphatic heterocycles. The average molecular weight is 253 g/mol. The fourth-order valence-corrected chi connectivity index (χ4v) is 2.89. The van der Waals surface area contributed by atoms with Crippen molar-refractivity contribution in [3.8, 4) is 0 Å². The number of fused-ring (bicyclic) bond motifs is 2. The first-order chi connectivity index (χ1) is 8.63. The number of rotatable bonds is 2. The van der Waals surface area contributed by atoms with Crippen LogP contribution in [0.4, 0.5) is 8.78 Å². The number of aromatic nitrogens is 1. The van der Waals surface area contributed by atoms with Gasteiger partial charge in [0.1, 0.15) is 0 Å². The number of carbonyl (C=O) groups excluding carboxylic acids is 1. The molecule has 0 saturated carbocycles. The van der Waals surface area contributed by atoms with E-state index in [1.165, 1.54) is 6.07 Å². The summed E-state index contributed by atoms with van der Waals surface area (Å²) in [5, 5.41) is 0. The van der Waals surface area contributed by atoms with Gasteiger partial charge in [-0.3, -0.25) is 4.79 Å². The van der Waals surface area contributed by atoms with Crippen molar-refractivity contribution in [3.63, 3.8) is 0 Å². The van der Waals surface area contributed by atoms with E-state index in [2.05, 4.69) is 4.98 Å². The summed E-state index contributed by atoms with van der Waals surface area (Å²) in [6.07, 6.45) is 3.44. The average Bonchev–Trinajstić information content (AvgIpc) is 2.67. The summed E-state index contributed by atoms with van der Waals surface area (Å²) in [6, 6.07) is 2.20. The summed E-state index contributed by atoms with van der Waals surface area (Å²) in [7, 11) is 0. The first-order valence-electron chi connectivity index (χ1n) is 6.15. The molecule has 0 amide bonds. The Morgan fingerprint density at radius 3 is 2.50 bits per heavy atom. The molecule has 3 rings (SSSR count). The van der Waals surface area contributed by atoms with Crippen LogP contribution in [0.5, 0.6) is 0 Å². The molecule has 0 N–H and O–H groups in total. The number of carbonyl (C=O) groups is 1. The van der Waals surface area contributed by atoms with Crippen molar-refractivity contribution < 1.29 is 18.3 Å². The zero-order valence-corrected chi connectivity index (χ0v) is 9.73. The van der Waals surface area contributed by atoms with Gasteiger partial charge in [-0.05, 0) is 37.8 Å². The standard InChI is InChI=1S/C13H13F2NO2/c14-11-4-3-10(13(15)16-11)12(17)7-5-8-1-2-9(6-7)18-8/h3-4,7-9H,1-2,5-6H2. The van der Waals surface area contributed by atoms with Gasteiger partial charge in [0.2, 0.25) is 11.9 Å². The maximum atomic E-state index is 13.5. The van der Waals surface area contributed by atoms with Gasteiger partial charge in [0, 0.05) is 5.92 Å². The molecular weight excluding hydrogens is 240 g/mol. The molecule has 3 nitrogen and oxygen atoms in total. The zero-order valence-electron chi connectivity index (χ0n) is 9.73.